The number of fused-ring (bicyclic) bond motifs is 1. The van der Waals surface area contributed by atoms with Crippen molar-refractivity contribution in [3.8, 4) is 16.9 Å². The van der Waals surface area contributed by atoms with Gasteiger partial charge in [0.05, 0.1) is 11.2 Å². The minimum absolute atomic E-state index is 0.284. The summed E-state index contributed by atoms with van der Waals surface area (Å²) in [5, 5.41) is 9.30. The van der Waals surface area contributed by atoms with Crippen molar-refractivity contribution in [3.05, 3.63) is 66.5 Å². The van der Waals surface area contributed by atoms with Gasteiger partial charge in [-0.2, -0.15) is 4.39 Å². The average molecular weight is 304 g/mol. The van der Waals surface area contributed by atoms with Crippen LogP contribution < -0.4 is 0 Å². The molecular weight excluding hydrogens is 292 g/mol. The Kier molecular flexibility index (Phi) is 3.08. The van der Waals surface area contributed by atoms with E-state index < -0.39 is 5.95 Å². The zero-order chi connectivity index (χ0) is 15.8. The first-order valence-electron chi connectivity index (χ1n) is 7.12. The maximum Gasteiger partial charge on any atom is 0.238 e. The smallest absolute Gasteiger partial charge is 0.238 e. The van der Waals surface area contributed by atoms with E-state index >= 15 is 0 Å². The van der Waals surface area contributed by atoms with Gasteiger partial charge in [0.25, 0.3) is 0 Å². The number of benzene rings is 1. The van der Waals surface area contributed by atoms with Gasteiger partial charge in [-0.05, 0) is 37.3 Å². The monoisotopic (exact) mass is 304 g/mol. The molecule has 0 radical (unpaired) electrons. The van der Waals surface area contributed by atoms with Crippen LogP contribution in [0.2, 0.25) is 0 Å². The molecular formula is C17H12FN5. The van der Waals surface area contributed by atoms with E-state index in [-0.39, 0.29) is 5.69 Å². The molecule has 0 bridgehead atoms. The van der Waals surface area contributed by atoms with Crippen LogP contribution in [0.4, 0.5) is 4.39 Å². The van der Waals surface area contributed by atoms with Gasteiger partial charge < -0.3 is 0 Å². The molecule has 4 aromatic rings. The fourth-order valence-electron chi connectivity index (χ4n) is 2.58. The molecule has 4 rings (SSSR count). The van der Waals surface area contributed by atoms with E-state index in [0.717, 1.165) is 22.2 Å². The van der Waals surface area contributed by atoms with Gasteiger partial charge in [0.1, 0.15) is 11.4 Å². The summed E-state index contributed by atoms with van der Waals surface area (Å²) in [6.45, 7) is 1.86. The summed E-state index contributed by atoms with van der Waals surface area (Å²) in [6.07, 6.45) is 3.16. The molecule has 112 valence electrons. The molecule has 0 spiro atoms. The largest absolute Gasteiger partial charge is 0.256 e. The Labute approximate surface area is 131 Å². The Bertz CT molecular complexity index is 1010. The molecule has 3 heterocycles. The third-order valence-corrected chi connectivity index (χ3v) is 3.74. The number of hydrogen-bond donors (Lipinski definition) is 0. The molecule has 0 saturated carbocycles. The SMILES string of the molecule is Cc1c(-c2ccc3ncccc3c2)nnn1-c1cccnc1[18F]. The highest BCUT2D eigenvalue weighted by Gasteiger charge is 2.15. The molecule has 0 N–H and O–H groups in total. The van der Waals surface area contributed by atoms with Crippen LogP contribution in [-0.4, -0.2) is 25.0 Å². The van der Waals surface area contributed by atoms with Crippen LogP contribution in [-0.2, 0) is 0 Å². The molecule has 3 aromatic heterocycles. The van der Waals surface area contributed by atoms with Crippen molar-refractivity contribution >= 4 is 10.9 Å². The van der Waals surface area contributed by atoms with Gasteiger partial charge in [0, 0.05) is 23.3 Å². The number of hydrogen-bond acceptors (Lipinski definition) is 4. The summed E-state index contributed by atoms with van der Waals surface area (Å²) in [7, 11) is 0. The van der Waals surface area contributed by atoms with Crippen molar-refractivity contribution in [2.24, 2.45) is 0 Å². The second-order valence-corrected chi connectivity index (χ2v) is 5.16. The lowest BCUT2D eigenvalue weighted by Crippen LogP contribution is -2.03. The Morgan fingerprint density at radius 1 is 1.00 bits per heavy atom. The van der Waals surface area contributed by atoms with Gasteiger partial charge >= 0.3 is 0 Å². The van der Waals surface area contributed by atoms with E-state index in [1.54, 1.807) is 18.3 Å². The predicted molar refractivity (Wildman–Crippen MR) is 84.6 cm³/mol. The van der Waals surface area contributed by atoms with E-state index in [1.807, 2.05) is 37.3 Å². The first-order valence-corrected chi connectivity index (χ1v) is 7.12. The molecule has 0 aliphatic heterocycles. The van der Waals surface area contributed by atoms with Gasteiger partial charge in [0.15, 0.2) is 0 Å². The molecule has 0 amide bonds. The first-order chi connectivity index (χ1) is 11.2. The highest BCUT2D eigenvalue weighted by atomic mass is 18.2. The van der Waals surface area contributed by atoms with Crippen molar-refractivity contribution in [2.75, 3.05) is 0 Å². The number of aromatic nitrogens is 5. The molecule has 0 fully saturated rings. The summed E-state index contributed by atoms with van der Waals surface area (Å²) in [5.74, 6) is -0.574. The fraction of sp³-hybridized carbons (Fsp3) is 0.0588. The lowest BCUT2D eigenvalue weighted by Gasteiger charge is -2.05. The number of rotatable bonds is 2. The zero-order valence-corrected chi connectivity index (χ0v) is 12.3. The number of pyridine rings is 2. The van der Waals surface area contributed by atoms with Crippen molar-refractivity contribution in [2.45, 2.75) is 6.92 Å². The number of halogens is 1. The quantitative estimate of drug-likeness (QED) is 0.533. The molecule has 0 unspecified atom stereocenters. The molecule has 0 aliphatic rings. The molecule has 6 heteroatoms. The topological polar surface area (TPSA) is 56.5 Å². The Morgan fingerprint density at radius 2 is 1.83 bits per heavy atom. The summed E-state index contributed by atoms with van der Waals surface area (Å²) in [5.41, 5.74) is 3.57. The van der Waals surface area contributed by atoms with Gasteiger partial charge in [-0.25, -0.2) is 9.67 Å². The van der Waals surface area contributed by atoms with Gasteiger partial charge in [-0.15, -0.1) is 5.10 Å². The fourth-order valence-corrected chi connectivity index (χ4v) is 2.58. The Morgan fingerprint density at radius 3 is 2.70 bits per heavy atom. The molecule has 1 aromatic carbocycles. The minimum Gasteiger partial charge on any atom is -0.256 e. The van der Waals surface area contributed by atoms with Crippen LogP contribution in [0, 0.1) is 12.9 Å². The lowest BCUT2D eigenvalue weighted by molar-refractivity contribution is 0.564. The number of nitrogens with zero attached hydrogens (tertiary/aromatic N) is 5. The Balaban J connectivity index is 1.85. The maximum absolute atomic E-state index is 13.9. The minimum atomic E-state index is -0.574. The molecule has 23 heavy (non-hydrogen) atoms. The van der Waals surface area contributed by atoms with Crippen molar-refractivity contribution in [1.82, 2.24) is 25.0 Å². The summed E-state index contributed by atoms with van der Waals surface area (Å²) in [4.78, 5) is 7.96. The van der Waals surface area contributed by atoms with Crippen molar-refractivity contribution in [1.29, 1.82) is 0 Å². The highest BCUT2D eigenvalue weighted by molar-refractivity contribution is 5.83. The van der Waals surface area contributed by atoms with Crippen LogP contribution in [0.3, 0.4) is 0 Å². The molecule has 5 nitrogen and oxygen atoms in total. The average Bonchev–Trinajstić information content (AvgIpc) is 2.96. The second-order valence-electron chi connectivity index (χ2n) is 5.16. The highest BCUT2D eigenvalue weighted by Crippen LogP contribution is 2.25. The van der Waals surface area contributed by atoms with Gasteiger partial charge in [0.2, 0.25) is 5.95 Å². The standard InChI is InChI=1S/C17H12FN5/c1-11-16(13-6-7-14-12(10-13)4-2-8-19-14)21-22-23(11)15-5-3-9-20-17(15)18/h2-10H,1H3/i18-1. The van der Waals surface area contributed by atoms with E-state index in [1.165, 1.54) is 10.9 Å². The first kappa shape index (κ1) is 13.5. The normalized spacial score (nSPS) is 11.0. The van der Waals surface area contributed by atoms with Crippen LogP contribution >= 0.6 is 0 Å². The zero-order valence-electron chi connectivity index (χ0n) is 12.3. The lowest BCUT2D eigenvalue weighted by atomic mass is 10.1. The predicted octanol–water partition coefficient (Wildman–Crippen LogP) is 3.33. The Hall–Kier alpha value is -3.15. The van der Waals surface area contributed by atoms with Crippen molar-refractivity contribution < 1.29 is 4.39 Å². The van der Waals surface area contributed by atoms with E-state index in [9.17, 15) is 4.39 Å². The van der Waals surface area contributed by atoms with E-state index in [2.05, 4.69) is 20.3 Å². The van der Waals surface area contributed by atoms with E-state index in [4.69, 9.17) is 0 Å². The molecule has 0 saturated heterocycles. The molecule has 0 aliphatic carbocycles. The third kappa shape index (κ3) is 2.24. The summed E-state index contributed by atoms with van der Waals surface area (Å²) in [6, 6.07) is 13.1. The third-order valence-electron chi connectivity index (χ3n) is 3.74. The van der Waals surface area contributed by atoms with Crippen LogP contribution in [0.5, 0.6) is 0 Å². The second kappa shape index (κ2) is 5.24. The molecule has 0 atom stereocenters. The summed E-state index contributed by atoms with van der Waals surface area (Å²) >= 11 is 0. The van der Waals surface area contributed by atoms with Crippen LogP contribution in [0.15, 0.2) is 54.9 Å². The van der Waals surface area contributed by atoms with Crippen LogP contribution in [0.25, 0.3) is 27.8 Å². The summed E-state index contributed by atoms with van der Waals surface area (Å²) < 4.78 is 15.3. The van der Waals surface area contributed by atoms with Crippen LogP contribution in [0.1, 0.15) is 5.69 Å². The van der Waals surface area contributed by atoms with Crippen molar-refractivity contribution in [3.63, 3.8) is 0 Å². The van der Waals surface area contributed by atoms with Gasteiger partial charge in [-0.3, -0.25) is 4.98 Å². The van der Waals surface area contributed by atoms with E-state index in [0.29, 0.717) is 5.69 Å². The maximum atomic E-state index is 13.9. The van der Waals surface area contributed by atoms with Gasteiger partial charge in [-0.1, -0.05) is 17.3 Å².